The van der Waals surface area contributed by atoms with E-state index in [0.29, 0.717) is 37.6 Å². The van der Waals surface area contributed by atoms with Gasteiger partial charge in [0.05, 0.1) is 11.4 Å². The van der Waals surface area contributed by atoms with Crippen LogP contribution in [0.5, 0.6) is 0 Å². The lowest BCUT2D eigenvalue weighted by Crippen LogP contribution is -2.30. The molecular formula is C27H27N7O2. The summed E-state index contributed by atoms with van der Waals surface area (Å²) in [7, 11) is 0. The number of aryl methyl sites for hydroxylation is 1. The van der Waals surface area contributed by atoms with E-state index in [4.69, 9.17) is 0 Å². The van der Waals surface area contributed by atoms with Gasteiger partial charge in [0, 0.05) is 31.6 Å². The van der Waals surface area contributed by atoms with E-state index in [9.17, 15) is 9.59 Å². The average molecular weight is 482 g/mol. The molecule has 2 N–H and O–H groups in total. The van der Waals surface area contributed by atoms with E-state index in [1.54, 1.807) is 9.13 Å². The summed E-state index contributed by atoms with van der Waals surface area (Å²) in [4.78, 5) is 27.2. The summed E-state index contributed by atoms with van der Waals surface area (Å²) in [5, 5.41) is 13.7. The van der Waals surface area contributed by atoms with Crippen LogP contribution < -0.4 is 16.3 Å². The normalized spacial score (nSPS) is 11.0. The second-order valence-corrected chi connectivity index (χ2v) is 8.55. The van der Waals surface area contributed by atoms with Gasteiger partial charge in [0.1, 0.15) is 11.6 Å². The van der Waals surface area contributed by atoms with Crippen LogP contribution in [-0.2, 0) is 12.8 Å². The van der Waals surface area contributed by atoms with Crippen molar-refractivity contribution in [2.75, 3.05) is 18.0 Å². The summed E-state index contributed by atoms with van der Waals surface area (Å²) < 4.78 is 3.21. The largest absolute Gasteiger partial charge is 0.371 e. The van der Waals surface area contributed by atoms with Crippen LogP contribution in [0.25, 0.3) is 11.4 Å². The highest BCUT2D eigenvalue weighted by atomic mass is 16.2. The molecule has 0 spiro atoms. The Bertz CT molecular complexity index is 1440. The second kappa shape index (κ2) is 10.3. The Kier molecular flexibility index (Phi) is 6.61. The molecule has 0 fully saturated rings. The van der Waals surface area contributed by atoms with Crippen molar-refractivity contribution in [2.24, 2.45) is 0 Å². The summed E-state index contributed by atoms with van der Waals surface area (Å²) in [5.74, 6) is 1.31. The van der Waals surface area contributed by atoms with Crippen LogP contribution in [0.2, 0.25) is 0 Å². The van der Waals surface area contributed by atoms with Gasteiger partial charge >= 0.3 is 11.4 Å². The Hall–Kier alpha value is -4.66. The summed E-state index contributed by atoms with van der Waals surface area (Å²) in [6.07, 6.45) is 1.10. The number of nitrogens with zero attached hydrogens (tertiary/aromatic N) is 5. The van der Waals surface area contributed by atoms with Crippen LogP contribution in [0, 0.1) is 6.92 Å². The maximum atomic E-state index is 12.5. The molecule has 0 aliphatic rings. The van der Waals surface area contributed by atoms with Crippen LogP contribution in [0.3, 0.4) is 0 Å². The standard InChI is InChI=1S/C27H27N7O2/c1-20-12-14-21(15-13-20)32(18-16-24-28-30-26(35)33(24)22-8-4-2-5-9-22)19-17-25-29-31-27(36)34(25)23-10-6-3-7-11-23/h2-15H,16-19H2,1H3,(H,30,35)(H,31,36). The first-order chi connectivity index (χ1) is 17.6. The maximum Gasteiger partial charge on any atom is 0.347 e. The summed E-state index contributed by atoms with van der Waals surface area (Å²) in [6, 6.07) is 27.3. The molecule has 0 aliphatic heterocycles. The molecule has 0 saturated carbocycles. The molecular weight excluding hydrogens is 454 g/mol. The van der Waals surface area contributed by atoms with Crippen LogP contribution in [0.4, 0.5) is 5.69 Å². The van der Waals surface area contributed by atoms with Crippen LogP contribution >= 0.6 is 0 Å². The predicted octanol–water partition coefficient (Wildman–Crippen LogP) is 3.03. The van der Waals surface area contributed by atoms with E-state index < -0.39 is 0 Å². The van der Waals surface area contributed by atoms with Gasteiger partial charge in [-0.1, -0.05) is 54.1 Å². The molecule has 0 unspecified atom stereocenters. The zero-order valence-corrected chi connectivity index (χ0v) is 20.0. The van der Waals surface area contributed by atoms with Crippen LogP contribution in [-0.4, -0.2) is 42.6 Å². The number of aromatic nitrogens is 6. The Morgan fingerprint density at radius 3 is 1.56 bits per heavy atom. The number of rotatable bonds is 9. The van der Waals surface area contributed by atoms with Gasteiger partial charge in [0.25, 0.3) is 0 Å². The van der Waals surface area contributed by atoms with Gasteiger partial charge in [0.15, 0.2) is 0 Å². The zero-order valence-electron chi connectivity index (χ0n) is 20.0. The third-order valence-corrected chi connectivity index (χ3v) is 6.12. The zero-order chi connectivity index (χ0) is 24.9. The molecule has 182 valence electrons. The topological polar surface area (TPSA) is 105 Å². The highest BCUT2D eigenvalue weighted by Gasteiger charge is 2.16. The molecule has 2 aromatic heterocycles. The Labute approximate surface area is 207 Å². The van der Waals surface area contributed by atoms with Crippen molar-refractivity contribution >= 4 is 5.69 Å². The number of hydrogen-bond acceptors (Lipinski definition) is 5. The summed E-state index contributed by atoms with van der Waals surface area (Å²) in [5.41, 5.74) is 3.25. The molecule has 0 atom stereocenters. The number of aromatic amines is 2. The molecule has 2 heterocycles. The number of H-pyrrole nitrogens is 2. The lowest BCUT2D eigenvalue weighted by atomic mass is 10.2. The van der Waals surface area contributed by atoms with Gasteiger partial charge in [-0.15, -0.1) is 0 Å². The van der Waals surface area contributed by atoms with Crippen molar-refractivity contribution in [3.63, 3.8) is 0 Å². The average Bonchev–Trinajstić information content (AvgIpc) is 3.47. The van der Waals surface area contributed by atoms with E-state index in [2.05, 4.69) is 56.5 Å². The molecule has 0 amide bonds. The molecule has 36 heavy (non-hydrogen) atoms. The third kappa shape index (κ3) is 4.90. The van der Waals surface area contributed by atoms with Gasteiger partial charge in [-0.25, -0.2) is 28.9 Å². The highest BCUT2D eigenvalue weighted by Crippen LogP contribution is 2.17. The van der Waals surface area contributed by atoms with Crippen molar-refractivity contribution in [3.05, 3.63) is 123 Å². The molecule has 5 rings (SSSR count). The monoisotopic (exact) mass is 481 g/mol. The van der Waals surface area contributed by atoms with Gasteiger partial charge in [-0.05, 0) is 43.3 Å². The molecule has 9 nitrogen and oxygen atoms in total. The fraction of sp³-hybridized carbons (Fsp3) is 0.185. The van der Waals surface area contributed by atoms with Gasteiger partial charge in [0.2, 0.25) is 0 Å². The smallest absolute Gasteiger partial charge is 0.347 e. The van der Waals surface area contributed by atoms with E-state index in [1.807, 2.05) is 60.7 Å². The van der Waals surface area contributed by atoms with Gasteiger partial charge < -0.3 is 4.90 Å². The quantitative estimate of drug-likeness (QED) is 0.337. The fourth-order valence-electron chi connectivity index (χ4n) is 4.28. The summed E-state index contributed by atoms with van der Waals surface area (Å²) >= 11 is 0. The molecule has 3 aromatic carbocycles. The lowest BCUT2D eigenvalue weighted by Gasteiger charge is -2.25. The van der Waals surface area contributed by atoms with E-state index in [-0.39, 0.29) is 11.4 Å². The molecule has 0 bridgehead atoms. The second-order valence-electron chi connectivity index (χ2n) is 8.55. The summed E-state index contributed by atoms with van der Waals surface area (Å²) in [6.45, 7) is 3.30. The van der Waals surface area contributed by atoms with Crippen molar-refractivity contribution in [3.8, 4) is 11.4 Å². The lowest BCUT2D eigenvalue weighted by molar-refractivity contribution is 0.711. The fourth-order valence-corrected chi connectivity index (χ4v) is 4.28. The van der Waals surface area contributed by atoms with Crippen LogP contribution in [0.15, 0.2) is 94.5 Å². The minimum absolute atomic E-state index is 0.263. The first-order valence-electron chi connectivity index (χ1n) is 11.9. The van der Waals surface area contributed by atoms with Crippen molar-refractivity contribution in [1.29, 1.82) is 0 Å². The SMILES string of the molecule is Cc1ccc(N(CCc2n[nH]c(=O)n2-c2ccccc2)CCc2n[nH]c(=O)n2-c2ccccc2)cc1. The van der Waals surface area contributed by atoms with Crippen molar-refractivity contribution in [1.82, 2.24) is 29.5 Å². The number of anilines is 1. The van der Waals surface area contributed by atoms with Gasteiger partial charge in [-0.3, -0.25) is 0 Å². The molecule has 0 saturated heterocycles. The Balaban J connectivity index is 1.39. The molecule has 9 heteroatoms. The Morgan fingerprint density at radius 2 is 1.11 bits per heavy atom. The van der Waals surface area contributed by atoms with Crippen molar-refractivity contribution < 1.29 is 0 Å². The van der Waals surface area contributed by atoms with E-state index in [1.165, 1.54) is 5.56 Å². The minimum atomic E-state index is -0.263. The first-order valence-corrected chi connectivity index (χ1v) is 11.9. The molecule has 5 aromatic rings. The molecule has 0 radical (unpaired) electrons. The predicted molar refractivity (Wildman–Crippen MR) is 139 cm³/mol. The first kappa shape index (κ1) is 23.1. The number of para-hydroxylation sites is 2. The maximum absolute atomic E-state index is 12.5. The molecule has 0 aliphatic carbocycles. The van der Waals surface area contributed by atoms with Crippen LogP contribution in [0.1, 0.15) is 17.2 Å². The van der Waals surface area contributed by atoms with E-state index >= 15 is 0 Å². The number of benzene rings is 3. The Morgan fingerprint density at radius 1 is 0.667 bits per heavy atom. The number of nitrogens with one attached hydrogen (secondary N) is 2. The van der Waals surface area contributed by atoms with Crippen molar-refractivity contribution in [2.45, 2.75) is 19.8 Å². The number of hydrogen-bond donors (Lipinski definition) is 2. The minimum Gasteiger partial charge on any atom is -0.371 e. The van der Waals surface area contributed by atoms with E-state index in [0.717, 1.165) is 17.1 Å². The third-order valence-electron chi connectivity index (χ3n) is 6.12. The van der Waals surface area contributed by atoms with Gasteiger partial charge in [-0.2, -0.15) is 10.2 Å². The highest BCUT2D eigenvalue weighted by molar-refractivity contribution is 5.48.